The van der Waals surface area contributed by atoms with Crippen LogP contribution in [-0.2, 0) is 0 Å². The van der Waals surface area contributed by atoms with Crippen molar-refractivity contribution in [3.05, 3.63) is 138 Å². The van der Waals surface area contributed by atoms with Gasteiger partial charge in [0.05, 0.1) is 54.6 Å². The minimum Gasteiger partial charge on any atom is -0.237 e. The molecule has 48 heavy (non-hydrogen) atoms. The fraction of sp³-hybridized carbons (Fsp3) is 0. The number of nitrogens with zero attached hydrogens (tertiary/aromatic N) is 12. The largest absolute Gasteiger partial charge is 0.270 e. The smallest absolute Gasteiger partial charge is 0.237 e. The Labute approximate surface area is 269 Å². The molecular weight excluding hydrogens is 614 g/mol. The normalized spacial score (nSPS) is 14.2. The lowest BCUT2D eigenvalue weighted by atomic mass is 9.83. The number of nitriles is 7. The van der Waals surface area contributed by atoms with Crippen LogP contribution in [0.15, 0.2) is 35.7 Å². The molecule has 0 atom stereocenters. The molecule has 1 aromatic carbocycles. The summed E-state index contributed by atoms with van der Waals surface area (Å²) in [6.07, 6.45) is 0. The van der Waals surface area contributed by atoms with Crippen LogP contribution in [0.3, 0.4) is 0 Å². The molecule has 0 spiro atoms. The number of allylic oxidation sites excluding steroid dienone is 7. The van der Waals surface area contributed by atoms with Crippen LogP contribution in [0.4, 0.5) is 8.78 Å². The molecule has 5 rings (SSSR count). The third kappa shape index (κ3) is 4.10. The van der Waals surface area contributed by atoms with Crippen LogP contribution < -0.4 is 0 Å². The van der Waals surface area contributed by atoms with Crippen molar-refractivity contribution < 1.29 is 8.78 Å². The van der Waals surface area contributed by atoms with Gasteiger partial charge in [-0.05, 0) is 41.0 Å². The molecule has 2 aromatic heterocycles. The zero-order chi connectivity index (χ0) is 34.9. The molecule has 214 valence electrons. The zero-order valence-electron chi connectivity index (χ0n) is 23.4. The summed E-state index contributed by atoms with van der Waals surface area (Å²) < 4.78 is 28.2. The maximum Gasteiger partial charge on any atom is 0.270 e. The van der Waals surface area contributed by atoms with Gasteiger partial charge in [-0.25, -0.2) is 35.0 Å². The summed E-state index contributed by atoms with van der Waals surface area (Å²) in [4.78, 5) is 17.1. The van der Waals surface area contributed by atoms with Gasteiger partial charge in [-0.2, -0.15) is 35.1 Å². The van der Waals surface area contributed by atoms with Crippen LogP contribution in [0.2, 0.25) is 0 Å². The zero-order valence-corrected chi connectivity index (χ0v) is 23.4. The second-order valence-corrected chi connectivity index (χ2v) is 9.35. The number of fused-ring (bicyclic) bond motifs is 2. The maximum absolute atomic E-state index is 14.1. The third-order valence-electron chi connectivity index (χ3n) is 7.30. The highest BCUT2D eigenvalue weighted by atomic mass is 19.1. The van der Waals surface area contributed by atoms with Gasteiger partial charge in [0, 0.05) is 39.0 Å². The summed E-state index contributed by atoms with van der Waals surface area (Å²) >= 11 is 0. The van der Waals surface area contributed by atoms with Gasteiger partial charge in [0.25, 0.3) is 11.4 Å². The number of hydrogen-bond acceptors (Lipinski definition) is 9. The predicted molar refractivity (Wildman–Crippen MR) is 158 cm³/mol. The topological polar surface area (TPSA) is 205 Å². The Balaban J connectivity index is 2.16. The van der Waals surface area contributed by atoms with Crippen molar-refractivity contribution in [2.75, 3.05) is 0 Å². The lowest BCUT2D eigenvalue weighted by molar-refractivity contribution is 0.581. The van der Waals surface area contributed by atoms with Crippen molar-refractivity contribution in [2.24, 2.45) is 0 Å². The van der Waals surface area contributed by atoms with E-state index in [4.69, 9.17) is 19.7 Å². The molecule has 14 heteroatoms. The first-order chi connectivity index (χ1) is 23.2. The van der Waals surface area contributed by atoms with Crippen molar-refractivity contribution in [3.63, 3.8) is 0 Å². The number of pyridine rings is 2. The van der Waals surface area contributed by atoms with E-state index < -0.39 is 68.2 Å². The number of halogens is 2. The van der Waals surface area contributed by atoms with Crippen LogP contribution >= 0.6 is 0 Å². The van der Waals surface area contributed by atoms with E-state index in [0.717, 1.165) is 24.3 Å². The summed E-state index contributed by atoms with van der Waals surface area (Å²) in [5.74, 6) is -2.14. The molecule has 0 radical (unpaired) electrons. The maximum atomic E-state index is 14.1. The molecule has 0 amide bonds. The van der Waals surface area contributed by atoms with E-state index in [1.165, 1.54) is 0 Å². The van der Waals surface area contributed by atoms with Crippen molar-refractivity contribution in [3.8, 4) is 42.5 Å². The van der Waals surface area contributed by atoms with Gasteiger partial charge in [0.1, 0.15) is 30.0 Å². The van der Waals surface area contributed by atoms with Gasteiger partial charge < -0.3 is 0 Å². The highest BCUT2D eigenvalue weighted by Gasteiger charge is 2.44. The van der Waals surface area contributed by atoms with Crippen LogP contribution in [-0.4, -0.2) is 9.97 Å². The molecule has 0 saturated heterocycles. The summed E-state index contributed by atoms with van der Waals surface area (Å²) in [6, 6.07) is 16.3. The van der Waals surface area contributed by atoms with Gasteiger partial charge in [0.2, 0.25) is 17.6 Å². The molecule has 2 aliphatic rings. The fourth-order valence-electron chi connectivity index (χ4n) is 5.65. The van der Waals surface area contributed by atoms with Gasteiger partial charge >= 0.3 is 0 Å². The molecule has 3 aromatic rings. The van der Waals surface area contributed by atoms with Crippen LogP contribution in [0.5, 0.6) is 0 Å². The van der Waals surface area contributed by atoms with Crippen molar-refractivity contribution in [1.82, 2.24) is 9.97 Å². The summed E-state index contributed by atoms with van der Waals surface area (Å²) in [5.41, 5.74) is -7.60. The quantitative estimate of drug-likeness (QED) is 0.193. The lowest BCUT2D eigenvalue weighted by Gasteiger charge is -2.17. The Hall–Kier alpha value is -8.76. The Kier molecular flexibility index (Phi) is 7.50. The van der Waals surface area contributed by atoms with E-state index in [0.29, 0.717) is 0 Å². The Morgan fingerprint density at radius 2 is 1.04 bits per heavy atom. The van der Waals surface area contributed by atoms with Gasteiger partial charge in [-0.15, -0.1) is 0 Å². The minimum atomic E-state index is -1.07. The van der Waals surface area contributed by atoms with Crippen molar-refractivity contribution >= 4 is 33.6 Å². The standard InChI is InChI=1S/C34H4F2N12/c1-44-22(13-42)32-26(15-4-6-24(35)47-20(15)11-40)17(8-37)27-18(9-38)31-29(19(10-39)28(27)32)33(23(14-43)45-2)30(34(31)46-3)16-5-7-25(36)48-21(16)12-41/h4-7H/b32-22-,33-23-. The van der Waals surface area contributed by atoms with Gasteiger partial charge in [-0.3, -0.25) is 0 Å². The number of hydrogen-bond donors (Lipinski definition) is 0. The Morgan fingerprint density at radius 3 is 1.46 bits per heavy atom. The highest BCUT2D eigenvalue weighted by Crippen LogP contribution is 2.58. The van der Waals surface area contributed by atoms with Crippen LogP contribution in [0.25, 0.3) is 48.1 Å². The average molecular weight is 618 g/mol. The first-order valence-corrected chi connectivity index (χ1v) is 12.8. The molecule has 0 N–H and O–H groups in total. The molecule has 0 unspecified atom stereocenters. The predicted octanol–water partition coefficient (Wildman–Crippen LogP) is 5.80. The highest BCUT2D eigenvalue weighted by molar-refractivity contribution is 6.31. The molecule has 2 heterocycles. The number of rotatable bonds is 2. The Bertz CT molecular complexity index is 2490. The van der Waals surface area contributed by atoms with Crippen LogP contribution in [0.1, 0.15) is 55.9 Å². The van der Waals surface area contributed by atoms with E-state index in [1.54, 1.807) is 24.3 Å². The molecule has 2 aliphatic carbocycles. The molecule has 12 nitrogen and oxygen atoms in total. The second kappa shape index (κ2) is 11.7. The lowest BCUT2D eigenvalue weighted by Crippen LogP contribution is -2.05. The van der Waals surface area contributed by atoms with Gasteiger partial charge in [0.15, 0.2) is 5.69 Å². The SMILES string of the molecule is [C-]#[N+]C1=C(c2ccc(F)nc2C#N)/C(=C(/C#N)[N+]#[C-])c2c(C#N)c3c(c(C#N)c21)C(C#N)=C(c1ccc(F)nc1C#N)/C3=C(\C#N)[N+]#[C-]. The summed E-state index contributed by atoms with van der Waals surface area (Å²) in [5, 5.41) is 71.5. The molecule has 0 fully saturated rings. The van der Waals surface area contributed by atoms with E-state index in [9.17, 15) is 45.6 Å². The Morgan fingerprint density at radius 1 is 0.583 bits per heavy atom. The second-order valence-electron chi connectivity index (χ2n) is 9.35. The van der Waals surface area contributed by atoms with Crippen molar-refractivity contribution in [2.45, 2.75) is 0 Å². The number of benzene rings is 1. The monoisotopic (exact) mass is 618 g/mol. The van der Waals surface area contributed by atoms with E-state index in [2.05, 4.69) is 24.5 Å². The van der Waals surface area contributed by atoms with E-state index >= 15 is 0 Å². The van der Waals surface area contributed by atoms with Crippen LogP contribution in [0, 0.1) is 111 Å². The summed E-state index contributed by atoms with van der Waals surface area (Å²) in [6.45, 7) is 23.6. The van der Waals surface area contributed by atoms with Gasteiger partial charge in [-0.1, -0.05) is 0 Å². The minimum absolute atomic E-state index is 0.220. The first kappa shape index (κ1) is 30.7. The fourth-order valence-corrected chi connectivity index (χ4v) is 5.65. The molecule has 0 saturated carbocycles. The molecule has 0 aliphatic heterocycles. The van der Waals surface area contributed by atoms with Crippen molar-refractivity contribution in [1.29, 1.82) is 36.8 Å². The first-order valence-electron chi connectivity index (χ1n) is 12.8. The van der Waals surface area contributed by atoms with E-state index in [1.807, 2.05) is 18.2 Å². The van der Waals surface area contributed by atoms with E-state index in [-0.39, 0.29) is 44.5 Å². The summed E-state index contributed by atoms with van der Waals surface area (Å²) in [7, 11) is 0. The molecular formula is C34H4F2N12. The molecule has 0 bridgehead atoms. The average Bonchev–Trinajstić information content (AvgIpc) is 3.61. The third-order valence-corrected chi connectivity index (χ3v) is 7.30. The number of aromatic nitrogens is 2.